The van der Waals surface area contributed by atoms with Gasteiger partial charge in [0.05, 0.1) is 11.3 Å². The van der Waals surface area contributed by atoms with Crippen LogP contribution >= 0.6 is 11.6 Å². The van der Waals surface area contributed by atoms with Crippen LogP contribution in [0.15, 0.2) is 12.3 Å². The van der Waals surface area contributed by atoms with Crippen molar-refractivity contribution >= 4 is 17.5 Å². The Morgan fingerprint density at radius 2 is 2.14 bits per heavy atom. The second-order valence-corrected chi connectivity index (χ2v) is 7.10. The van der Waals surface area contributed by atoms with E-state index in [1.807, 2.05) is 12.3 Å². The number of carbonyl (C=O) groups is 1. The van der Waals surface area contributed by atoms with Crippen LogP contribution in [0, 0.1) is 0 Å². The first-order chi connectivity index (χ1) is 10.7. The molecule has 1 aliphatic heterocycles. The van der Waals surface area contributed by atoms with Crippen LogP contribution in [0.2, 0.25) is 5.15 Å². The van der Waals surface area contributed by atoms with Crippen molar-refractivity contribution in [2.75, 3.05) is 6.54 Å². The van der Waals surface area contributed by atoms with Gasteiger partial charge in [-0.25, -0.2) is 4.98 Å². The van der Waals surface area contributed by atoms with E-state index in [0.29, 0.717) is 5.15 Å². The smallest absolute Gasteiger partial charge is 0.253 e. The number of H-pyrrole nitrogens is 1. The van der Waals surface area contributed by atoms with Gasteiger partial charge in [0.1, 0.15) is 5.15 Å². The number of aryl methyl sites for hydroxylation is 1. The number of pyridine rings is 1. The maximum atomic E-state index is 12.5. The number of aromatic nitrogens is 2. The fourth-order valence-electron chi connectivity index (χ4n) is 4.27. The van der Waals surface area contributed by atoms with Gasteiger partial charge in [0.15, 0.2) is 0 Å². The van der Waals surface area contributed by atoms with Gasteiger partial charge in [-0.05, 0) is 42.9 Å². The summed E-state index contributed by atoms with van der Waals surface area (Å²) in [6.45, 7) is 0.766. The first-order valence-corrected chi connectivity index (χ1v) is 8.24. The zero-order valence-electron chi connectivity index (χ0n) is 12.1. The Kier molecular flexibility index (Phi) is 2.39. The molecule has 2 aromatic rings. The molecule has 0 radical (unpaired) electrons. The van der Waals surface area contributed by atoms with E-state index in [9.17, 15) is 4.79 Å². The summed E-state index contributed by atoms with van der Waals surface area (Å²) < 4.78 is 0. The summed E-state index contributed by atoms with van der Waals surface area (Å²) in [5.41, 5.74) is 6.76. The number of hydrogen-bond donors (Lipinski definition) is 2. The van der Waals surface area contributed by atoms with Gasteiger partial charge >= 0.3 is 0 Å². The second kappa shape index (κ2) is 4.13. The van der Waals surface area contributed by atoms with E-state index in [0.717, 1.165) is 60.3 Å². The molecule has 0 bridgehead atoms. The van der Waals surface area contributed by atoms with Crippen molar-refractivity contribution in [3.05, 3.63) is 39.8 Å². The first kappa shape index (κ1) is 12.7. The number of amides is 1. The maximum Gasteiger partial charge on any atom is 0.253 e. The molecule has 5 rings (SSSR count). The predicted molar refractivity (Wildman–Crippen MR) is 84.3 cm³/mol. The van der Waals surface area contributed by atoms with E-state index in [-0.39, 0.29) is 11.3 Å². The average molecular weight is 314 g/mol. The van der Waals surface area contributed by atoms with Crippen LogP contribution in [-0.2, 0) is 18.3 Å². The highest BCUT2D eigenvalue weighted by Gasteiger charge is 2.47. The fourth-order valence-corrected chi connectivity index (χ4v) is 4.43. The minimum Gasteiger partial charge on any atom is -0.357 e. The summed E-state index contributed by atoms with van der Waals surface area (Å²) in [5.74, 6) is 0.0774. The topological polar surface area (TPSA) is 57.8 Å². The number of rotatable bonds is 0. The highest BCUT2D eigenvalue weighted by molar-refractivity contribution is 6.29. The van der Waals surface area contributed by atoms with Gasteiger partial charge in [0, 0.05) is 29.4 Å². The molecule has 2 aliphatic carbocycles. The Bertz CT molecular complexity index is 820. The lowest BCUT2D eigenvalue weighted by molar-refractivity contribution is 0.0892. The van der Waals surface area contributed by atoms with Crippen LogP contribution in [0.5, 0.6) is 0 Å². The molecule has 5 heteroatoms. The summed E-state index contributed by atoms with van der Waals surface area (Å²) >= 11 is 6.09. The van der Waals surface area contributed by atoms with E-state index >= 15 is 0 Å². The lowest BCUT2D eigenvalue weighted by Crippen LogP contribution is -2.51. The van der Waals surface area contributed by atoms with E-state index < -0.39 is 0 Å². The van der Waals surface area contributed by atoms with Gasteiger partial charge in [0.2, 0.25) is 0 Å². The molecule has 2 N–H and O–H groups in total. The zero-order chi connectivity index (χ0) is 14.9. The minimum atomic E-state index is 0.0774. The molecule has 3 heterocycles. The SMILES string of the molecule is O=C1NCC2(CCC2)c2[nH]c3c(c21)CCc1cnc(Cl)cc1-3. The first-order valence-electron chi connectivity index (χ1n) is 7.86. The highest BCUT2D eigenvalue weighted by atomic mass is 35.5. The number of fused-ring (bicyclic) bond motifs is 6. The van der Waals surface area contributed by atoms with Crippen molar-refractivity contribution < 1.29 is 4.79 Å². The van der Waals surface area contributed by atoms with Gasteiger partial charge < -0.3 is 10.3 Å². The number of hydrogen-bond acceptors (Lipinski definition) is 2. The molecule has 1 spiro atoms. The lowest BCUT2D eigenvalue weighted by Gasteiger charge is -2.44. The summed E-state index contributed by atoms with van der Waals surface area (Å²) in [4.78, 5) is 20.3. The van der Waals surface area contributed by atoms with Crippen molar-refractivity contribution in [2.45, 2.75) is 37.5 Å². The molecular formula is C17H16ClN3O. The number of carbonyl (C=O) groups excluding carboxylic acids is 1. The van der Waals surface area contributed by atoms with E-state index in [4.69, 9.17) is 11.6 Å². The van der Waals surface area contributed by atoms with Crippen LogP contribution in [0.1, 0.15) is 46.4 Å². The van der Waals surface area contributed by atoms with Crippen LogP contribution < -0.4 is 5.32 Å². The molecule has 112 valence electrons. The number of aromatic amines is 1. The Balaban J connectivity index is 1.78. The normalized spacial score (nSPS) is 20.7. The number of halogens is 1. The summed E-state index contributed by atoms with van der Waals surface area (Å²) in [5, 5.41) is 3.61. The van der Waals surface area contributed by atoms with Gasteiger partial charge in [-0.1, -0.05) is 18.0 Å². The molecular weight excluding hydrogens is 298 g/mol. The van der Waals surface area contributed by atoms with Crippen LogP contribution in [0.4, 0.5) is 0 Å². The summed E-state index contributed by atoms with van der Waals surface area (Å²) in [7, 11) is 0. The van der Waals surface area contributed by atoms with Crippen LogP contribution in [0.3, 0.4) is 0 Å². The van der Waals surface area contributed by atoms with Gasteiger partial charge in [-0.15, -0.1) is 0 Å². The largest absolute Gasteiger partial charge is 0.357 e. The van der Waals surface area contributed by atoms with Crippen molar-refractivity contribution in [1.82, 2.24) is 15.3 Å². The van der Waals surface area contributed by atoms with Crippen LogP contribution in [-0.4, -0.2) is 22.4 Å². The van der Waals surface area contributed by atoms with Crippen LogP contribution in [0.25, 0.3) is 11.3 Å². The van der Waals surface area contributed by atoms with E-state index in [1.54, 1.807) is 0 Å². The molecule has 4 nitrogen and oxygen atoms in total. The molecule has 22 heavy (non-hydrogen) atoms. The number of nitrogens with one attached hydrogen (secondary N) is 2. The third kappa shape index (κ3) is 1.48. The molecule has 1 saturated carbocycles. The Labute approximate surface area is 133 Å². The summed E-state index contributed by atoms with van der Waals surface area (Å²) in [6.07, 6.45) is 7.22. The summed E-state index contributed by atoms with van der Waals surface area (Å²) in [6, 6.07) is 1.92. The Morgan fingerprint density at radius 3 is 2.91 bits per heavy atom. The van der Waals surface area contributed by atoms with Crippen molar-refractivity contribution in [3.8, 4) is 11.3 Å². The molecule has 1 fully saturated rings. The third-order valence-corrected chi connectivity index (χ3v) is 5.83. The Hall–Kier alpha value is -1.81. The highest BCUT2D eigenvalue weighted by Crippen LogP contribution is 2.49. The maximum absolute atomic E-state index is 12.5. The molecule has 3 aliphatic rings. The minimum absolute atomic E-state index is 0.0774. The quantitative estimate of drug-likeness (QED) is 0.735. The third-order valence-electron chi connectivity index (χ3n) is 5.63. The molecule has 0 unspecified atom stereocenters. The van der Waals surface area contributed by atoms with Crippen molar-refractivity contribution in [3.63, 3.8) is 0 Å². The molecule has 0 atom stereocenters. The lowest BCUT2D eigenvalue weighted by atomic mass is 9.64. The number of nitrogens with zero attached hydrogens (tertiary/aromatic N) is 1. The standard InChI is InChI=1S/C17H16ClN3O/c18-12-6-11-9(7-19-12)2-3-10-13-15(21-14(10)11)17(4-1-5-17)8-20-16(13)22/h6-7,21H,1-5,8H2,(H,20,22). The monoisotopic (exact) mass is 313 g/mol. The van der Waals surface area contributed by atoms with Gasteiger partial charge in [-0.3, -0.25) is 4.79 Å². The fraction of sp³-hybridized carbons (Fsp3) is 0.412. The molecule has 0 saturated heterocycles. The van der Waals surface area contributed by atoms with E-state index in [2.05, 4.69) is 15.3 Å². The zero-order valence-corrected chi connectivity index (χ0v) is 12.9. The van der Waals surface area contributed by atoms with Gasteiger partial charge in [-0.2, -0.15) is 0 Å². The van der Waals surface area contributed by atoms with Crippen molar-refractivity contribution in [2.24, 2.45) is 0 Å². The second-order valence-electron chi connectivity index (χ2n) is 6.71. The van der Waals surface area contributed by atoms with E-state index in [1.165, 1.54) is 12.0 Å². The molecule has 2 aromatic heterocycles. The average Bonchev–Trinajstić information content (AvgIpc) is 2.87. The molecule has 0 aromatic carbocycles. The molecule has 1 amide bonds. The Morgan fingerprint density at radius 1 is 1.27 bits per heavy atom. The van der Waals surface area contributed by atoms with Crippen molar-refractivity contribution in [1.29, 1.82) is 0 Å². The predicted octanol–water partition coefficient (Wildman–Crippen LogP) is 2.99. The van der Waals surface area contributed by atoms with Gasteiger partial charge in [0.25, 0.3) is 5.91 Å².